The second kappa shape index (κ2) is 8.10. The fraction of sp³-hybridized carbons (Fsp3) is 0.333. The zero-order chi connectivity index (χ0) is 20.4. The molecule has 0 amide bonds. The van der Waals surface area contributed by atoms with Crippen LogP contribution < -0.4 is 10.9 Å². The first-order valence-electron chi connectivity index (χ1n) is 9.55. The van der Waals surface area contributed by atoms with Crippen LogP contribution in [0, 0.1) is 0 Å². The van der Waals surface area contributed by atoms with Gasteiger partial charge in [0.25, 0.3) is 5.56 Å². The van der Waals surface area contributed by atoms with E-state index in [1.165, 1.54) is 10.9 Å². The Bertz CT molecular complexity index is 1080. The molecule has 0 bridgehead atoms. The van der Waals surface area contributed by atoms with E-state index in [-0.39, 0.29) is 30.0 Å². The number of pyridine rings is 1. The van der Waals surface area contributed by atoms with Gasteiger partial charge < -0.3 is 9.47 Å². The van der Waals surface area contributed by atoms with Crippen molar-refractivity contribution < 1.29 is 14.3 Å². The van der Waals surface area contributed by atoms with Gasteiger partial charge in [0.05, 0.1) is 36.8 Å². The second-order valence-corrected chi connectivity index (χ2v) is 6.83. The lowest BCUT2D eigenvalue weighted by Gasteiger charge is -2.15. The average molecular weight is 394 g/mol. The first-order valence-corrected chi connectivity index (χ1v) is 9.55. The molecule has 4 rings (SSSR count). The highest BCUT2D eigenvalue weighted by Crippen LogP contribution is 2.27. The summed E-state index contributed by atoms with van der Waals surface area (Å²) < 4.78 is 12.1. The smallest absolute Gasteiger partial charge is 0.328 e. The third-order valence-electron chi connectivity index (χ3n) is 4.94. The van der Waals surface area contributed by atoms with Crippen molar-refractivity contribution in [2.45, 2.75) is 32.2 Å². The number of carbonyl (C=O) groups excluding carboxylic acids is 1. The lowest BCUT2D eigenvalue weighted by atomic mass is 10.1. The molecule has 3 atom stereocenters. The Balaban J connectivity index is 1.63. The highest BCUT2D eigenvalue weighted by atomic mass is 16.5. The molecule has 1 saturated heterocycles. The zero-order valence-electron chi connectivity index (χ0n) is 16.2. The Kier molecular flexibility index (Phi) is 5.37. The fourth-order valence-corrected chi connectivity index (χ4v) is 3.34. The normalized spacial score (nSPS) is 19.9. The zero-order valence-corrected chi connectivity index (χ0v) is 16.2. The highest BCUT2D eigenvalue weighted by molar-refractivity contribution is 5.76. The number of rotatable bonds is 5. The van der Waals surface area contributed by atoms with Gasteiger partial charge in [-0.15, -0.1) is 0 Å². The summed E-state index contributed by atoms with van der Waals surface area (Å²) in [7, 11) is 0. The number of fused-ring (bicyclic) bond motifs is 1. The molecule has 29 heavy (non-hydrogen) atoms. The van der Waals surface area contributed by atoms with Gasteiger partial charge in [-0.05, 0) is 31.5 Å². The van der Waals surface area contributed by atoms with Crippen LogP contribution in [0.4, 0.5) is 0 Å². The number of hydrogen-bond donors (Lipinski definition) is 1. The Morgan fingerprint density at radius 2 is 2.10 bits per heavy atom. The van der Waals surface area contributed by atoms with Crippen LogP contribution in [0.15, 0.2) is 53.6 Å². The van der Waals surface area contributed by atoms with Crippen LogP contribution in [0.1, 0.15) is 43.4 Å². The number of aromatic nitrogens is 3. The van der Waals surface area contributed by atoms with Crippen molar-refractivity contribution in [1.29, 1.82) is 0 Å². The number of carbonyl (C=O) groups is 1. The maximum Gasteiger partial charge on any atom is 0.328 e. The van der Waals surface area contributed by atoms with Gasteiger partial charge in [-0.2, -0.15) is 0 Å². The first kappa shape index (κ1) is 19.2. The van der Waals surface area contributed by atoms with E-state index in [0.29, 0.717) is 17.8 Å². The molecule has 150 valence electrons. The van der Waals surface area contributed by atoms with E-state index in [1.807, 2.05) is 36.4 Å². The van der Waals surface area contributed by atoms with Crippen molar-refractivity contribution >= 4 is 17.0 Å². The SMILES string of the molecule is CCOC(=O)C(C)n1cnc2ccc(C3COC(c4ccccc4)N3)nc2c1=O. The van der Waals surface area contributed by atoms with Crippen LogP contribution in [0.25, 0.3) is 11.0 Å². The monoisotopic (exact) mass is 394 g/mol. The fourth-order valence-electron chi connectivity index (χ4n) is 3.34. The van der Waals surface area contributed by atoms with Crippen LogP contribution in [0.2, 0.25) is 0 Å². The van der Waals surface area contributed by atoms with Gasteiger partial charge in [0.2, 0.25) is 0 Å². The molecule has 0 saturated carbocycles. The van der Waals surface area contributed by atoms with Crippen molar-refractivity contribution in [1.82, 2.24) is 19.9 Å². The predicted molar refractivity (Wildman–Crippen MR) is 106 cm³/mol. The number of nitrogens with one attached hydrogen (secondary N) is 1. The van der Waals surface area contributed by atoms with Gasteiger partial charge >= 0.3 is 5.97 Å². The summed E-state index contributed by atoms with van der Waals surface area (Å²) in [6.07, 6.45) is 1.13. The summed E-state index contributed by atoms with van der Waals surface area (Å²) >= 11 is 0. The molecule has 8 nitrogen and oxygen atoms in total. The summed E-state index contributed by atoms with van der Waals surface area (Å²) in [5.41, 5.74) is 2.03. The van der Waals surface area contributed by atoms with Crippen LogP contribution in [-0.2, 0) is 14.3 Å². The van der Waals surface area contributed by atoms with E-state index in [9.17, 15) is 9.59 Å². The molecule has 3 aromatic rings. The van der Waals surface area contributed by atoms with Crippen molar-refractivity contribution in [3.05, 3.63) is 70.4 Å². The van der Waals surface area contributed by atoms with E-state index in [1.54, 1.807) is 19.9 Å². The van der Waals surface area contributed by atoms with Crippen LogP contribution >= 0.6 is 0 Å². The molecule has 0 spiro atoms. The van der Waals surface area contributed by atoms with Gasteiger partial charge in [0.15, 0.2) is 5.52 Å². The Labute approximate surface area is 167 Å². The number of hydrogen-bond acceptors (Lipinski definition) is 7. The molecule has 3 heterocycles. The molecule has 1 N–H and O–H groups in total. The molecule has 0 aliphatic carbocycles. The number of nitrogens with zero attached hydrogens (tertiary/aromatic N) is 3. The second-order valence-electron chi connectivity index (χ2n) is 6.83. The van der Waals surface area contributed by atoms with Crippen molar-refractivity contribution in [2.75, 3.05) is 13.2 Å². The van der Waals surface area contributed by atoms with Gasteiger partial charge in [-0.3, -0.25) is 14.7 Å². The number of benzene rings is 1. The van der Waals surface area contributed by atoms with Gasteiger partial charge in [-0.1, -0.05) is 30.3 Å². The third-order valence-corrected chi connectivity index (χ3v) is 4.94. The van der Waals surface area contributed by atoms with E-state index in [0.717, 1.165) is 5.56 Å². The van der Waals surface area contributed by atoms with Gasteiger partial charge in [-0.25, -0.2) is 14.8 Å². The Morgan fingerprint density at radius 1 is 1.31 bits per heavy atom. The number of ether oxygens (including phenoxy) is 2. The standard InChI is InChI=1S/C21H22N4O4/c1-3-28-21(27)13(2)25-12-22-16-10-9-15(23-18(16)20(25)26)17-11-29-19(24-17)14-7-5-4-6-8-14/h4-10,12-13,17,19,24H,3,11H2,1-2H3. The molecule has 1 aliphatic rings. The molecule has 3 unspecified atom stereocenters. The average Bonchev–Trinajstić information content (AvgIpc) is 3.24. The maximum absolute atomic E-state index is 12.9. The molecule has 8 heteroatoms. The van der Waals surface area contributed by atoms with Crippen LogP contribution in [0.3, 0.4) is 0 Å². The van der Waals surface area contributed by atoms with Crippen molar-refractivity contribution in [2.24, 2.45) is 0 Å². The summed E-state index contributed by atoms with van der Waals surface area (Å²) in [5.74, 6) is -0.483. The molecule has 0 radical (unpaired) electrons. The summed E-state index contributed by atoms with van der Waals surface area (Å²) in [6, 6.07) is 12.5. The lowest BCUT2D eigenvalue weighted by Crippen LogP contribution is -2.30. The molecular formula is C21H22N4O4. The quantitative estimate of drug-likeness (QED) is 0.663. The summed E-state index contributed by atoms with van der Waals surface area (Å²) in [4.78, 5) is 33.8. The van der Waals surface area contributed by atoms with E-state index in [4.69, 9.17) is 9.47 Å². The molecule has 1 fully saturated rings. The highest BCUT2D eigenvalue weighted by Gasteiger charge is 2.28. The minimum Gasteiger partial charge on any atom is -0.464 e. The molecular weight excluding hydrogens is 372 g/mol. The molecule has 2 aromatic heterocycles. The summed E-state index contributed by atoms with van der Waals surface area (Å²) in [5, 5.41) is 3.39. The van der Waals surface area contributed by atoms with Crippen LogP contribution in [0.5, 0.6) is 0 Å². The minimum absolute atomic E-state index is 0.153. The van der Waals surface area contributed by atoms with Gasteiger partial charge in [0.1, 0.15) is 12.3 Å². The van der Waals surface area contributed by atoms with E-state index < -0.39 is 12.0 Å². The van der Waals surface area contributed by atoms with Crippen molar-refractivity contribution in [3.8, 4) is 0 Å². The Hall–Kier alpha value is -3.10. The largest absolute Gasteiger partial charge is 0.464 e. The first-order chi connectivity index (χ1) is 14.1. The third kappa shape index (κ3) is 3.76. The number of esters is 1. The molecule has 1 aromatic carbocycles. The predicted octanol–water partition coefficient (Wildman–Crippen LogP) is 2.28. The Morgan fingerprint density at radius 3 is 2.86 bits per heavy atom. The maximum atomic E-state index is 12.9. The van der Waals surface area contributed by atoms with Gasteiger partial charge in [0, 0.05) is 0 Å². The molecule has 1 aliphatic heterocycles. The lowest BCUT2D eigenvalue weighted by molar-refractivity contribution is -0.146. The van der Waals surface area contributed by atoms with Crippen LogP contribution in [-0.4, -0.2) is 33.7 Å². The summed E-state index contributed by atoms with van der Waals surface area (Å²) in [6.45, 7) is 4.01. The van der Waals surface area contributed by atoms with Crippen molar-refractivity contribution in [3.63, 3.8) is 0 Å². The van der Waals surface area contributed by atoms with E-state index >= 15 is 0 Å². The van der Waals surface area contributed by atoms with E-state index in [2.05, 4.69) is 15.3 Å². The minimum atomic E-state index is -0.778. The topological polar surface area (TPSA) is 95.3 Å².